The van der Waals surface area contributed by atoms with Gasteiger partial charge in [0.25, 0.3) is 0 Å². The molecule has 0 aliphatic carbocycles. The van der Waals surface area contributed by atoms with E-state index in [1.54, 1.807) is 4.90 Å². The van der Waals surface area contributed by atoms with E-state index in [4.69, 9.17) is 4.74 Å². The molecule has 1 aliphatic heterocycles. The molecular weight excluding hydrogens is 220 g/mol. The molecule has 1 aliphatic rings. The summed E-state index contributed by atoms with van der Waals surface area (Å²) >= 11 is 0. The molecule has 0 radical (unpaired) electrons. The third kappa shape index (κ3) is 3.03. The van der Waals surface area contributed by atoms with E-state index < -0.39 is 0 Å². The van der Waals surface area contributed by atoms with Crippen molar-refractivity contribution in [2.45, 2.75) is 12.5 Å². The molecule has 1 aromatic carbocycles. The van der Waals surface area contributed by atoms with Gasteiger partial charge in [-0.1, -0.05) is 35.5 Å². The van der Waals surface area contributed by atoms with Gasteiger partial charge in [-0.05, 0) is 12.0 Å². The lowest BCUT2D eigenvalue weighted by Gasteiger charge is -2.12. The van der Waals surface area contributed by atoms with Crippen molar-refractivity contribution >= 4 is 6.09 Å². The molecule has 5 heteroatoms. The molecule has 17 heavy (non-hydrogen) atoms. The summed E-state index contributed by atoms with van der Waals surface area (Å²) in [7, 11) is 0. The number of rotatable bonds is 5. The topological polar surface area (TPSA) is 59.0 Å². The minimum Gasteiger partial charge on any atom is -0.442 e. The molecule has 90 valence electrons. The quantitative estimate of drug-likeness (QED) is 0.730. The third-order valence-corrected chi connectivity index (χ3v) is 2.74. The van der Waals surface area contributed by atoms with Crippen LogP contribution in [-0.2, 0) is 11.2 Å². The first-order valence-corrected chi connectivity index (χ1v) is 5.58. The SMILES string of the molecule is O=NCC1CN(CCc2ccccc2)C(=O)O1. The van der Waals surface area contributed by atoms with Crippen LogP contribution in [0.4, 0.5) is 4.79 Å². The van der Waals surface area contributed by atoms with Gasteiger partial charge in [0.05, 0.1) is 6.54 Å². The highest BCUT2D eigenvalue weighted by atomic mass is 16.6. The predicted octanol–water partition coefficient (Wildman–Crippen LogP) is 1.82. The first kappa shape index (κ1) is 11.6. The lowest BCUT2D eigenvalue weighted by Crippen LogP contribution is -2.27. The lowest BCUT2D eigenvalue weighted by molar-refractivity contribution is 0.135. The van der Waals surface area contributed by atoms with Gasteiger partial charge in [0, 0.05) is 6.54 Å². The molecule has 1 atom stereocenters. The Hall–Kier alpha value is -1.91. The number of benzene rings is 1. The fraction of sp³-hybridized carbons (Fsp3) is 0.417. The van der Waals surface area contributed by atoms with Crippen LogP contribution >= 0.6 is 0 Å². The van der Waals surface area contributed by atoms with Crippen LogP contribution in [-0.4, -0.2) is 36.7 Å². The lowest BCUT2D eigenvalue weighted by atomic mass is 10.1. The van der Waals surface area contributed by atoms with Gasteiger partial charge in [-0.3, -0.25) is 0 Å². The molecule has 0 saturated carbocycles. The van der Waals surface area contributed by atoms with Gasteiger partial charge >= 0.3 is 6.09 Å². The van der Waals surface area contributed by atoms with E-state index in [1.165, 1.54) is 5.56 Å². The summed E-state index contributed by atoms with van der Waals surface area (Å²) in [6.07, 6.45) is 0.0577. The van der Waals surface area contributed by atoms with Gasteiger partial charge in [0.2, 0.25) is 0 Å². The van der Waals surface area contributed by atoms with E-state index in [1.807, 2.05) is 30.3 Å². The molecule has 0 spiro atoms. The molecule has 2 rings (SSSR count). The van der Waals surface area contributed by atoms with Crippen LogP contribution in [0.25, 0.3) is 0 Å². The number of ether oxygens (including phenoxy) is 1. The molecule has 1 unspecified atom stereocenters. The fourth-order valence-corrected chi connectivity index (χ4v) is 1.84. The van der Waals surface area contributed by atoms with Gasteiger partial charge in [-0.25, -0.2) is 4.79 Å². The molecule has 1 heterocycles. The summed E-state index contributed by atoms with van der Waals surface area (Å²) in [6, 6.07) is 9.94. The summed E-state index contributed by atoms with van der Waals surface area (Å²) in [5, 5.41) is 2.75. The normalized spacial score (nSPS) is 19.2. The highest BCUT2D eigenvalue weighted by Gasteiger charge is 2.30. The molecule has 0 N–H and O–H groups in total. The van der Waals surface area contributed by atoms with Crippen LogP contribution in [0, 0.1) is 4.91 Å². The fourth-order valence-electron chi connectivity index (χ4n) is 1.84. The van der Waals surface area contributed by atoms with Gasteiger partial charge in [-0.2, -0.15) is 4.91 Å². The van der Waals surface area contributed by atoms with Crippen molar-refractivity contribution in [1.29, 1.82) is 0 Å². The Morgan fingerprint density at radius 1 is 1.35 bits per heavy atom. The Morgan fingerprint density at radius 3 is 2.82 bits per heavy atom. The number of carbonyl (C=O) groups is 1. The van der Waals surface area contributed by atoms with Gasteiger partial charge in [0.15, 0.2) is 0 Å². The van der Waals surface area contributed by atoms with Crippen molar-refractivity contribution < 1.29 is 9.53 Å². The van der Waals surface area contributed by atoms with Crippen molar-refractivity contribution in [3.63, 3.8) is 0 Å². The zero-order valence-corrected chi connectivity index (χ0v) is 9.41. The second kappa shape index (κ2) is 5.43. The smallest absolute Gasteiger partial charge is 0.410 e. The monoisotopic (exact) mass is 234 g/mol. The van der Waals surface area contributed by atoms with E-state index in [-0.39, 0.29) is 18.7 Å². The zero-order valence-electron chi connectivity index (χ0n) is 9.41. The summed E-state index contributed by atoms with van der Waals surface area (Å²) in [5.74, 6) is 0. The Bertz CT molecular complexity index is 394. The summed E-state index contributed by atoms with van der Waals surface area (Å²) < 4.78 is 5.00. The molecule has 0 bridgehead atoms. The Morgan fingerprint density at radius 2 is 2.12 bits per heavy atom. The number of hydrogen-bond donors (Lipinski definition) is 0. The van der Waals surface area contributed by atoms with E-state index >= 15 is 0 Å². The summed E-state index contributed by atoms with van der Waals surface area (Å²) in [6.45, 7) is 1.10. The van der Waals surface area contributed by atoms with Crippen LogP contribution in [0.1, 0.15) is 5.56 Å². The van der Waals surface area contributed by atoms with Crippen LogP contribution in [0.15, 0.2) is 35.5 Å². The minimum atomic E-state index is -0.379. The van der Waals surface area contributed by atoms with Crippen molar-refractivity contribution in [3.05, 3.63) is 40.8 Å². The largest absolute Gasteiger partial charge is 0.442 e. The number of nitrogens with zero attached hydrogens (tertiary/aromatic N) is 2. The second-order valence-corrected chi connectivity index (χ2v) is 4.00. The zero-order chi connectivity index (χ0) is 12.1. The van der Waals surface area contributed by atoms with E-state index in [0.29, 0.717) is 13.1 Å². The van der Waals surface area contributed by atoms with Crippen molar-refractivity contribution in [1.82, 2.24) is 4.90 Å². The second-order valence-electron chi connectivity index (χ2n) is 4.00. The highest BCUT2D eigenvalue weighted by Crippen LogP contribution is 2.12. The summed E-state index contributed by atoms with van der Waals surface area (Å²) in [4.78, 5) is 23.1. The minimum absolute atomic E-state index is 0.0353. The first-order chi connectivity index (χ1) is 8.29. The Kier molecular flexibility index (Phi) is 3.69. The highest BCUT2D eigenvalue weighted by molar-refractivity contribution is 5.69. The molecule has 1 amide bonds. The molecule has 1 saturated heterocycles. The molecule has 1 aromatic rings. The van der Waals surface area contributed by atoms with E-state index in [2.05, 4.69) is 5.18 Å². The maximum absolute atomic E-state index is 11.4. The van der Waals surface area contributed by atoms with Crippen LogP contribution < -0.4 is 0 Å². The van der Waals surface area contributed by atoms with Crippen molar-refractivity contribution in [2.75, 3.05) is 19.6 Å². The Labute approximate surface area is 99.3 Å². The van der Waals surface area contributed by atoms with Crippen molar-refractivity contribution in [3.8, 4) is 0 Å². The van der Waals surface area contributed by atoms with Crippen LogP contribution in [0.2, 0.25) is 0 Å². The van der Waals surface area contributed by atoms with Gasteiger partial charge < -0.3 is 9.64 Å². The average Bonchev–Trinajstić information content (AvgIpc) is 2.69. The van der Waals surface area contributed by atoms with E-state index in [9.17, 15) is 9.70 Å². The van der Waals surface area contributed by atoms with Gasteiger partial charge in [0.1, 0.15) is 12.6 Å². The molecule has 1 fully saturated rings. The predicted molar refractivity (Wildman–Crippen MR) is 62.7 cm³/mol. The maximum atomic E-state index is 11.4. The maximum Gasteiger partial charge on any atom is 0.410 e. The molecule has 5 nitrogen and oxygen atoms in total. The molecule has 0 aromatic heterocycles. The van der Waals surface area contributed by atoms with Gasteiger partial charge in [-0.15, -0.1) is 0 Å². The number of carbonyl (C=O) groups excluding carboxylic acids is 1. The standard InChI is InChI=1S/C12H14N2O3/c15-12-14(9-11(17-12)8-13-16)7-6-10-4-2-1-3-5-10/h1-5,11H,6-9H2. The van der Waals surface area contributed by atoms with E-state index in [0.717, 1.165) is 6.42 Å². The average molecular weight is 234 g/mol. The summed E-state index contributed by atoms with van der Waals surface area (Å²) in [5.41, 5.74) is 1.18. The Balaban J connectivity index is 1.84. The number of cyclic esters (lactones) is 1. The first-order valence-electron chi connectivity index (χ1n) is 5.58. The molecular formula is C12H14N2O3. The third-order valence-electron chi connectivity index (χ3n) is 2.74. The van der Waals surface area contributed by atoms with Crippen LogP contribution in [0.5, 0.6) is 0 Å². The van der Waals surface area contributed by atoms with Crippen LogP contribution in [0.3, 0.4) is 0 Å². The number of hydrogen-bond acceptors (Lipinski definition) is 4. The number of amides is 1. The van der Waals surface area contributed by atoms with Crippen molar-refractivity contribution in [2.24, 2.45) is 5.18 Å². The number of nitroso groups, excluding NO2 is 1.